The van der Waals surface area contributed by atoms with E-state index < -0.39 is 0 Å². The van der Waals surface area contributed by atoms with Gasteiger partial charge in [-0.3, -0.25) is 0 Å². The van der Waals surface area contributed by atoms with Crippen molar-refractivity contribution in [2.45, 2.75) is 19.3 Å². The van der Waals surface area contributed by atoms with Crippen LogP contribution in [0, 0.1) is 0 Å². The van der Waals surface area contributed by atoms with Gasteiger partial charge in [-0.15, -0.1) is 0 Å². The van der Waals surface area contributed by atoms with Crippen LogP contribution < -0.4 is 4.90 Å². The van der Waals surface area contributed by atoms with Gasteiger partial charge in [0.2, 0.25) is 0 Å². The molecule has 0 saturated carbocycles. The predicted molar refractivity (Wildman–Crippen MR) is 243 cm³/mol. The quantitative estimate of drug-likeness (QED) is 0.175. The highest BCUT2D eigenvalue weighted by atomic mass is 16.3. The standard InChI is InChI=1S/C55H38N2O/c1-55(2)47-19-9-5-13-39(47)40-29-28-38(34-48(40)55)56(37-26-23-35(24-27-37)36-25-32-54-46(33-36)45-18-8-12-22-53(45)58-54)51-30-31-52(44-15-4-3-14-43(44)51)57-49-20-10-6-16-41(49)42-17-7-11-21-50(42)57/h3-34H,1-2H3. The van der Waals surface area contributed by atoms with Gasteiger partial charge >= 0.3 is 0 Å². The molecule has 0 radical (unpaired) electrons. The number of rotatable bonds is 5. The molecule has 0 aliphatic heterocycles. The van der Waals surface area contributed by atoms with Gasteiger partial charge in [0.25, 0.3) is 0 Å². The van der Waals surface area contributed by atoms with Crippen molar-refractivity contribution in [3.8, 4) is 27.9 Å². The van der Waals surface area contributed by atoms with Crippen molar-refractivity contribution >= 4 is 71.6 Å². The maximum atomic E-state index is 6.16. The molecule has 12 rings (SSSR count). The fourth-order valence-electron chi connectivity index (χ4n) is 9.81. The highest BCUT2D eigenvalue weighted by Gasteiger charge is 2.36. The molecular weight excluding hydrogens is 705 g/mol. The maximum Gasteiger partial charge on any atom is 0.135 e. The third kappa shape index (κ3) is 4.74. The van der Waals surface area contributed by atoms with Gasteiger partial charge in [-0.25, -0.2) is 0 Å². The minimum Gasteiger partial charge on any atom is -0.456 e. The largest absolute Gasteiger partial charge is 0.456 e. The number of furan rings is 1. The zero-order valence-electron chi connectivity index (χ0n) is 32.3. The topological polar surface area (TPSA) is 21.3 Å². The molecule has 0 N–H and O–H groups in total. The van der Waals surface area contributed by atoms with Crippen LogP contribution in [-0.2, 0) is 5.41 Å². The Bertz CT molecular complexity index is 3380. The molecule has 3 heteroatoms. The molecule has 11 aromatic rings. The Morgan fingerprint density at radius 2 is 1.00 bits per heavy atom. The molecule has 58 heavy (non-hydrogen) atoms. The van der Waals surface area contributed by atoms with Gasteiger partial charge in [-0.05, 0) is 100 Å². The van der Waals surface area contributed by atoms with Gasteiger partial charge in [-0.1, -0.05) is 141 Å². The first-order valence-electron chi connectivity index (χ1n) is 20.1. The average molecular weight is 743 g/mol. The van der Waals surface area contributed by atoms with Crippen molar-refractivity contribution in [1.29, 1.82) is 0 Å². The number of para-hydroxylation sites is 3. The second kappa shape index (κ2) is 12.3. The summed E-state index contributed by atoms with van der Waals surface area (Å²) in [6, 6.07) is 70.8. The molecule has 0 saturated heterocycles. The van der Waals surface area contributed by atoms with Gasteiger partial charge in [-0.2, -0.15) is 0 Å². The summed E-state index contributed by atoms with van der Waals surface area (Å²) in [6.45, 7) is 4.72. The lowest BCUT2D eigenvalue weighted by atomic mass is 9.82. The molecule has 0 bridgehead atoms. The summed E-state index contributed by atoms with van der Waals surface area (Å²) in [5.41, 5.74) is 16.3. The van der Waals surface area contributed by atoms with E-state index in [0.29, 0.717) is 0 Å². The van der Waals surface area contributed by atoms with E-state index in [1.165, 1.54) is 60.5 Å². The fraction of sp³-hybridized carbons (Fsp3) is 0.0545. The van der Waals surface area contributed by atoms with Crippen LogP contribution in [0.5, 0.6) is 0 Å². The number of aromatic nitrogens is 1. The van der Waals surface area contributed by atoms with Crippen molar-refractivity contribution in [2.24, 2.45) is 0 Å². The summed E-state index contributed by atoms with van der Waals surface area (Å²) in [5.74, 6) is 0. The second-order valence-electron chi connectivity index (χ2n) is 16.1. The van der Waals surface area contributed by atoms with E-state index in [4.69, 9.17) is 4.42 Å². The molecule has 0 spiro atoms. The summed E-state index contributed by atoms with van der Waals surface area (Å²) < 4.78 is 8.60. The van der Waals surface area contributed by atoms with E-state index >= 15 is 0 Å². The van der Waals surface area contributed by atoms with Crippen molar-refractivity contribution < 1.29 is 4.42 Å². The third-order valence-corrected chi connectivity index (χ3v) is 12.6. The number of benzene rings is 9. The van der Waals surface area contributed by atoms with Crippen LogP contribution in [0.25, 0.3) is 82.5 Å². The number of fused-ring (bicyclic) bond motifs is 10. The molecule has 0 fully saturated rings. The molecule has 274 valence electrons. The Kier molecular flexibility index (Phi) is 6.98. The summed E-state index contributed by atoms with van der Waals surface area (Å²) in [6.07, 6.45) is 0. The lowest BCUT2D eigenvalue weighted by Gasteiger charge is -2.29. The van der Waals surface area contributed by atoms with Crippen LogP contribution >= 0.6 is 0 Å². The van der Waals surface area contributed by atoms with Crippen LogP contribution in [0.3, 0.4) is 0 Å². The Balaban J connectivity index is 1.05. The fourth-order valence-corrected chi connectivity index (χ4v) is 9.81. The molecule has 1 aliphatic carbocycles. The maximum absolute atomic E-state index is 6.16. The number of nitrogens with zero attached hydrogens (tertiary/aromatic N) is 2. The normalized spacial score (nSPS) is 13.1. The number of anilines is 3. The molecule has 0 amide bonds. The second-order valence-corrected chi connectivity index (χ2v) is 16.1. The van der Waals surface area contributed by atoms with Gasteiger partial charge in [0.05, 0.1) is 22.4 Å². The molecule has 2 heterocycles. The Labute approximate surface area is 336 Å². The molecule has 9 aromatic carbocycles. The smallest absolute Gasteiger partial charge is 0.135 e. The van der Waals surface area contributed by atoms with Gasteiger partial charge in [0, 0.05) is 49.1 Å². The minimum atomic E-state index is -0.129. The average Bonchev–Trinajstić information content (AvgIpc) is 3.89. The first-order valence-corrected chi connectivity index (χ1v) is 20.1. The summed E-state index contributed by atoms with van der Waals surface area (Å²) in [5, 5.41) is 7.18. The molecule has 3 nitrogen and oxygen atoms in total. The Morgan fingerprint density at radius 1 is 0.414 bits per heavy atom. The van der Waals surface area contributed by atoms with Gasteiger partial charge < -0.3 is 13.9 Å². The van der Waals surface area contributed by atoms with Crippen LogP contribution in [-0.4, -0.2) is 4.57 Å². The zero-order valence-corrected chi connectivity index (χ0v) is 32.3. The highest BCUT2D eigenvalue weighted by molar-refractivity contribution is 6.12. The summed E-state index contributed by atoms with van der Waals surface area (Å²) >= 11 is 0. The molecular formula is C55H38N2O. The Morgan fingerprint density at radius 3 is 1.78 bits per heavy atom. The zero-order chi connectivity index (χ0) is 38.5. The highest BCUT2D eigenvalue weighted by Crippen LogP contribution is 2.51. The van der Waals surface area contributed by atoms with E-state index in [1.54, 1.807) is 0 Å². The van der Waals surface area contributed by atoms with Crippen LogP contribution in [0.1, 0.15) is 25.0 Å². The third-order valence-electron chi connectivity index (χ3n) is 12.6. The lowest BCUT2D eigenvalue weighted by Crippen LogP contribution is -2.16. The predicted octanol–water partition coefficient (Wildman–Crippen LogP) is 15.3. The van der Waals surface area contributed by atoms with Crippen molar-refractivity contribution in [3.63, 3.8) is 0 Å². The van der Waals surface area contributed by atoms with E-state index in [9.17, 15) is 0 Å². The molecule has 0 unspecified atom stereocenters. The van der Waals surface area contributed by atoms with E-state index in [-0.39, 0.29) is 5.41 Å². The van der Waals surface area contributed by atoms with Crippen LogP contribution in [0.15, 0.2) is 199 Å². The summed E-state index contributed by atoms with van der Waals surface area (Å²) in [7, 11) is 0. The van der Waals surface area contributed by atoms with Crippen molar-refractivity contribution in [2.75, 3.05) is 4.90 Å². The van der Waals surface area contributed by atoms with E-state index in [2.05, 4.69) is 205 Å². The van der Waals surface area contributed by atoms with Crippen molar-refractivity contribution in [1.82, 2.24) is 4.57 Å². The molecule has 0 atom stereocenters. The summed E-state index contributed by atoms with van der Waals surface area (Å²) in [4.78, 5) is 2.45. The molecule has 2 aromatic heterocycles. The SMILES string of the molecule is CC1(C)c2ccccc2-c2ccc(N(c3ccc(-c4ccc5oc6ccccc6c5c4)cc3)c3ccc(-n4c5ccccc5c5ccccc54)c4ccccc34)cc21. The first-order chi connectivity index (χ1) is 28.5. The first kappa shape index (κ1) is 32.8. The van der Waals surface area contributed by atoms with Crippen molar-refractivity contribution in [3.05, 3.63) is 205 Å². The molecule has 1 aliphatic rings. The lowest BCUT2D eigenvalue weighted by molar-refractivity contribution is 0.660. The van der Waals surface area contributed by atoms with Gasteiger partial charge in [0.15, 0.2) is 0 Å². The van der Waals surface area contributed by atoms with Gasteiger partial charge in [0.1, 0.15) is 11.2 Å². The van der Waals surface area contributed by atoms with E-state index in [1.807, 2.05) is 12.1 Å². The number of hydrogen-bond donors (Lipinski definition) is 0. The van der Waals surface area contributed by atoms with Crippen LogP contribution in [0.2, 0.25) is 0 Å². The number of hydrogen-bond acceptors (Lipinski definition) is 2. The Hall–Kier alpha value is -7.36. The van der Waals surface area contributed by atoms with Crippen LogP contribution in [0.4, 0.5) is 17.1 Å². The minimum absolute atomic E-state index is 0.129. The monoisotopic (exact) mass is 742 g/mol. The van der Waals surface area contributed by atoms with E-state index in [0.717, 1.165) is 50.1 Å².